The van der Waals surface area contributed by atoms with Crippen LogP contribution >= 0.6 is 23.5 Å². The van der Waals surface area contributed by atoms with E-state index in [1.807, 2.05) is 0 Å². The Bertz CT molecular complexity index is 724. The van der Waals surface area contributed by atoms with Crippen LogP contribution in [0.15, 0.2) is 71.8 Å². The van der Waals surface area contributed by atoms with E-state index in [9.17, 15) is 4.79 Å². The highest BCUT2D eigenvalue weighted by Gasteiger charge is 2.19. The molecule has 0 aromatic heterocycles. The Labute approximate surface area is 178 Å². The number of hydrogen-bond acceptors (Lipinski definition) is 3. The summed E-state index contributed by atoms with van der Waals surface area (Å²) in [6.07, 6.45) is 6.23. The lowest BCUT2D eigenvalue weighted by Gasteiger charge is -2.17. The van der Waals surface area contributed by atoms with E-state index >= 15 is 0 Å². The number of allylic oxidation sites excluding steroid dienone is 2. The van der Waals surface area contributed by atoms with Gasteiger partial charge in [0.1, 0.15) is 0 Å². The van der Waals surface area contributed by atoms with Gasteiger partial charge in [0, 0.05) is 17.9 Å². The molecule has 0 saturated carbocycles. The number of ketones is 1. The van der Waals surface area contributed by atoms with Crippen molar-refractivity contribution in [2.24, 2.45) is 0 Å². The number of Topliss-reactive ketones (excluding diaryl/α,β-unsaturated/α-hetero) is 1. The molecule has 0 bridgehead atoms. The molecule has 1 aliphatic carbocycles. The first-order valence-electron chi connectivity index (χ1n) is 10.3. The summed E-state index contributed by atoms with van der Waals surface area (Å²) in [7, 11) is 0. The lowest BCUT2D eigenvalue weighted by molar-refractivity contribution is -0.115. The van der Waals surface area contributed by atoms with Gasteiger partial charge in [-0.1, -0.05) is 72.7 Å². The molecule has 0 amide bonds. The van der Waals surface area contributed by atoms with Crippen LogP contribution in [0.4, 0.5) is 0 Å². The molecule has 2 aromatic carbocycles. The van der Waals surface area contributed by atoms with E-state index in [4.69, 9.17) is 0 Å². The quantitative estimate of drug-likeness (QED) is 0.283. The highest BCUT2D eigenvalue weighted by molar-refractivity contribution is 8.16. The predicted octanol–water partition coefficient (Wildman–Crippen LogP) is 7.42. The van der Waals surface area contributed by atoms with Gasteiger partial charge in [0.15, 0.2) is 5.78 Å². The Morgan fingerprint density at radius 2 is 1.39 bits per heavy atom. The van der Waals surface area contributed by atoms with Gasteiger partial charge in [-0.25, -0.2) is 0 Å². The Morgan fingerprint density at radius 3 is 1.89 bits per heavy atom. The first kappa shape index (κ1) is 21.3. The number of rotatable bonds is 11. The van der Waals surface area contributed by atoms with E-state index in [0.29, 0.717) is 10.4 Å². The molecule has 1 aliphatic rings. The van der Waals surface area contributed by atoms with Crippen molar-refractivity contribution in [3.63, 3.8) is 0 Å². The van der Waals surface area contributed by atoms with Crippen LogP contribution in [0.25, 0.3) is 0 Å². The van der Waals surface area contributed by atoms with E-state index in [1.54, 1.807) is 0 Å². The van der Waals surface area contributed by atoms with Crippen LogP contribution in [-0.2, 0) is 16.3 Å². The molecular weight excluding hydrogens is 380 g/mol. The Morgan fingerprint density at radius 1 is 0.821 bits per heavy atom. The second-order valence-corrected chi connectivity index (χ2v) is 10.1. The Kier molecular flexibility index (Phi) is 8.75. The van der Waals surface area contributed by atoms with Crippen molar-refractivity contribution in [2.75, 3.05) is 0 Å². The SMILES string of the molecule is CC1=C(CCCCC(SCc2ccccc2)SCc2ccccc2)C(=O)CC1. The standard InChI is InChI=1S/C25H30OS2/c1-20-16-17-24(26)23(20)14-8-9-15-25(27-18-21-10-4-2-5-11-21)28-19-22-12-6-3-7-13-22/h2-7,10-13,25H,8-9,14-19H2,1H3. The van der Waals surface area contributed by atoms with E-state index < -0.39 is 0 Å². The van der Waals surface area contributed by atoms with Crippen LogP contribution in [0.3, 0.4) is 0 Å². The Balaban J connectivity index is 1.48. The minimum Gasteiger partial charge on any atom is -0.295 e. The highest BCUT2D eigenvalue weighted by Crippen LogP contribution is 2.34. The second kappa shape index (κ2) is 11.5. The van der Waals surface area contributed by atoms with Crippen LogP contribution in [0, 0.1) is 0 Å². The fourth-order valence-corrected chi connectivity index (χ4v) is 6.15. The zero-order valence-corrected chi connectivity index (χ0v) is 18.4. The molecule has 0 spiro atoms. The summed E-state index contributed by atoms with van der Waals surface area (Å²) < 4.78 is 0.592. The number of hydrogen-bond donors (Lipinski definition) is 0. The number of carbonyl (C=O) groups is 1. The van der Waals surface area contributed by atoms with Crippen molar-refractivity contribution in [1.82, 2.24) is 0 Å². The van der Waals surface area contributed by atoms with Gasteiger partial charge in [-0.15, -0.1) is 23.5 Å². The molecule has 3 rings (SSSR count). The third kappa shape index (κ3) is 6.86. The molecule has 148 valence electrons. The van der Waals surface area contributed by atoms with Crippen molar-refractivity contribution in [3.05, 3.63) is 82.9 Å². The largest absolute Gasteiger partial charge is 0.295 e. The van der Waals surface area contributed by atoms with Gasteiger partial charge < -0.3 is 0 Å². The van der Waals surface area contributed by atoms with Crippen molar-refractivity contribution in [1.29, 1.82) is 0 Å². The monoisotopic (exact) mass is 410 g/mol. The van der Waals surface area contributed by atoms with E-state index in [2.05, 4.69) is 91.1 Å². The normalized spacial score (nSPS) is 14.3. The molecule has 0 saturated heterocycles. The van der Waals surface area contributed by atoms with Crippen molar-refractivity contribution >= 4 is 29.3 Å². The van der Waals surface area contributed by atoms with E-state index in [0.717, 1.165) is 42.8 Å². The number of thioether (sulfide) groups is 2. The maximum Gasteiger partial charge on any atom is 0.159 e. The van der Waals surface area contributed by atoms with E-state index in [-0.39, 0.29) is 0 Å². The molecule has 3 heteroatoms. The van der Waals surface area contributed by atoms with Gasteiger partial charge in [-0.05, 0) is 49.3 Å². The molecule has 0 heterocycles. The predicted molar refractivity (Wildman–Crippen MR) is 125 cm³/mol. The topological polar surface area (TPSA) is 17.1 Å². The highest BCUT2D eigenvalue weighted by atomic mass is 32.2. The summed E-state index contributed by atoms with van der Waals surface area (Å²) in [6.45, 7) is 2.13. The second-order valence-electron chi connectivity index (χ2n) is 7.45. The van der Waals surface area contributed by atoms with Gasteiger partial charge in [-0.3, -0.25) is 4.79 Å². The summed E-state index contributed by atoms with van der Waals surface area (Å²) >= 11 is 4.12. The van der Waals surface area contributed by atoms with Crippen LogP contribution in [0.5, 0.6) is 0 Å². The van der Waals surface area contributed by atoms with Gasteiger partial charge in [-0.2, -0.15) is 0 Å². The molecule has 0 radical (unpaired) electrons. The zero-order valence-electron chi connectivity index (χ0n) is 16.7. The van der Waals surface area contributed by atoms with Gasteiger partial charge in [0.25, 0.3) is 0 Å². The van der Waals surface area contributed by atoms with Gasteiger partial charge >= 0.3 is 0 Å². The first-order chi connectivity index (χ1) is 13.7. The third-order valence-corrected chi connectivity index (χ3v) is 8.28. The van der Waals surface area contributed by atoms with Crippen molar-refractivity contribution in [3.8, 4) is 0 Å². The average Bonchev–Trinajstić information content (AvgIpc) is 3.06. The fourth-order valence-electron chi connectivity index (χ4n) is 3.55. The number of carbonyl (C=O) groups excluding carboxylic acids is 1. The maximum absolute atomic E-state index is 12.0. The summed E-state index contributed by atoms with van der Waals surface area (Å²) in [5, 5.41) is 0. The summed E-state index contributed by atoms with van der Waals surface area (Å²) in [5.41, 5.74) is 5.26. The molecule has 0 atom stereocenters. The van der Waals surface area contributed by atoms with Gasteiger partial charge in [0.05, 0.1) is 4.58 Å². The van der Waals surface area contributed by atoms with Crippen LogP contribution in [-0.4, -0.2) is 10.4 Å². The molecule has 0 fully saturated rings. The first-order valence-corrected chi connectivity index (χ1v) is 12.3. The minimum absolute atomic E-state index is 0.394. The number of benzene rings is 2. The molecule has 0 N–H and O–H groups in total. The maximum atomic E-state index is 12.0. The van der Waals surface area contributed by atoms with Crippen LogP contribution < -0.4 is 0 Å². The zero-order chi connectivity index (χ0) is 19.6. The van der Waals surface area contributed by atoms with Crippen molar-refractivity contribution in [2.45, 2.75) is 61.5 Å². The minimum atomic E-state index is 0.394. The van der Waals surface area contributed by atoms with E-state index in [1.165, 1.54) is 29.5 Å². The molecule has 0 aliphatic heterocycles. The molecule has 28 heavy (non-hydrogen) atoms. The van der Waals surface area contributed by atoms with Crippen LogP contribution in [0.2, 0.25) is 0 Å². The third-order valence-electron chi connectivity index (χ3n) is 5.25. The fraction of sp³-hybridized carbons (Fsp3) is 0.400. The number of unbranched alkanes of at least 4 members (excludes halogenated alkanes) is 1. The Hall–Kier alpha value is -1.45. The summed E-state index contributed by atoms with van der Waals surface area (Å²) in [5.74, 6) is 2.53. The average molecular weight is 411 g/mol. The molecule has 1 nitrogen and oxygen atoms in total. The lowest BCUT2D eigenvalue weighted by Crippen LogP contribution is -2.01. The summed E-state index contributed by atoms with van der Waals surface area (Å²) in [4.78, 5) is 12.0. The molecular formula is C25H30OS2. The smallest absolute Gasteiger partial charge is 0.159 e. The van der Waals surface area contributed by atoms with Crippen LogP contribution in [0.1, 0.15) is 56.6 Å². The van der Waals surface area contributed by atoms with Crippen molar-refractivity contribution < 1.29 is 4.79 Å². The summed E-state index contributed by atoms with van der Waals surface area (Å²) in [6, 6.07) is 21.5. The lowest BCUT2D eigenvalue weighted by atomic mass is 10.0. The molecule has 2 aromatic rings. The van der Waals surface area contributed by atoms with Gasteiger partial charge in [0.2, 0.25) is 0 Å². The molecule has 0 unspecified atom stereocenters.